The predicted molar refractivity (Wildman–Crippen MR) is 68.5 cm³/mol. The van der Waals surface area contributed by atoms with E-state index in [0.717, 1.165) is 0 Å². The van der Waals surface area contributed by atoms with E-state index >= 15 is 0 Å². The second kappa shape index (κ2) is 5.29. The minimum atomic E-state index is -0.619. The van der Waals surface area contributed by atoms with Crippen molar-refractivity contribution in [3.63, 3.8) is 0 Å². The molecular formula is C13H20N2O2. The summed E-state index contributed by atoms with van der Waals surface area (Å²) >= 11 is 0. The minimum Gasteiger partial charge on any atom is -0.389 e. The topological polar surface area (TPSA) is 75.3 Å². The third-order valence-electron chi connectivity index (χ3n) is 2.78. The van der Waals surface area contributed by atoms with Crippen molar-refractivity contribution in [3.8, 4) is 0 Å². The van der Waals surface area contributed by atoms with Gasteiger partial charge in [0.1, 0.15) is 0 Å². The van der Waals surface area contributed by atoms with Crippen LogP contribution in [0.15, 0.2) is 24.3 Å². The molecule has 0 radical (unpaired) electrons. The Hall–Kier alpha value is -1.39. The summed E-state index contributed by atoms with van der Waals surface area (Å²) in [5.74, 6) is -0.145. The van der Waals surface area contributed by atoms with Crippen LogP contribution in [0.25, 0.3) is 0 Å². The van der Waals surface area contributed by atoms with E-state index in [1.165, 1.54) is 0 Å². The summed E-state index contributed by atoms with van der Waals surface area (Å²) in [5, 5.41) is 12.4. The van der Waals surface area contributed by atoms with E-state index in [4.69, 9.17) is 5.73 Å². The second-order valence-corrected chi connectivity index (χ2v) is 4.81. The van der Waals surface area contributed by atoms with E-state index in [2.05, 4.69) is 5.32 Å². The first kappa shape index (κ1) is 13.7. The number of para-hydroxylation sites is 1. The first-order chi connectivity index (χ1) is 7.88. The molecule has 0 saturated heterocycles. The van der Waals surface area contributed by atoms with E-state index in [1.54, 1.807) is 32.9 Å². The summed E-state index contributed by atoms with van der Waals surface area (Å²) in [5.41, 5.74) is 6.27. The van der Waals surface area contributed by atoms with Crippen molar-refractivity contribution in [2.45, 2.75) is 26.9 Å². The van der Waals surface area contributed by atoms with Gasteiger partial charge in [-0.15, -0.1) is 0 Å². The molecule has 4 N–H and O–H groups in total. The van der Waals surface area contributed by atoms with Crippen molar-refractivity contribution in [1.29, 1.82) is 0 Å². The lowest BCUT2D eigenvalue weighted by Gasteiger charge is -2.22. The van der Waals surface area contributed by atoms with Gasteiger partial charge in [-0.1, -0.05) is 18.2 Å². The van der Waals surface area contributed by atoms with Crippen LogP contribution in [0.2, 0.25) is 0 Å². The van der Waals surface area contributed by atoms with Crippen LogP contribution in [0.1, 0.15) is 32.4 Å². The van der Waals surface area contributed by atoms with Gasteiger partial charge in [-0.05, 0) is 26.8 Å². The summed E-state index contributed by atoms with van der Waals surface area (Å²) in [7, 11) is 0. The van der Waals surface area contributed by atoms with Crippen molar-refractivity contribution in [1.82, 2.24) is 0 Å². The fourth-order valence-corrected chi connectivity index (χ4v) is 1.36. The minimum absolute atomic E-state index is 0.145. The van der Waals surface area contributed by atoms with Gasteiger partial charge in [0.25, 0.3) is 0 Å². The highest BCUT2D eigenvalue weighted by Gasteiger charge is 2.26. The Bertz CT molecular complexity index is 400. The number of benzene rings is 1. The van der Waals surface area contributed by atoms with Gasteiger partial charge < -0.3 is 16.2 Å². The number of nitrogens with one attached hydrogen (secondary N) is 1. The van der Waals surface area contributed by atoms with Gasteiger partial charge in [-0.25, -0.2) is 0 Å². The second-order valence-electron chi connectivity index (χ2n) is 4.81. The molecule has 1 aromatic rings. The zero-order valence-corrected chi connectivity index (χ0v) is 10.5. The van der Waals surface area contributed by atoms with Crippen LogP contribution in [0.4, 0.5) is 5.69 Å². The highest BCUT2D eigenvalue weighted by atomic mass is 16.3. The van der Waals surface area contributed by atoms with Crippen LogP contribution in [0.3, 0.4) is 0 Å². The average Bonchev–Trinajstić information content (AvgIpc) is 2.29. The Kier molecular flexibility index (Phi) is 4.26. The summed E-state index contributed by atoms with van der Waals surface area (Å²) in [6.07, 6.45) is -0.618. The Morgan fingerprint density at radius 3 is 2.59 bits per heavy atom. The molecule has 0 fully saturated rings. The molecule has 1 unspecified atom stereocenters. The number of carbonyl (C=O) groups is 1. The molecular weight excluding hydrogens is 216 g/mol. The third-order valence-corrected chi connectivity index (χ3v) is 2.78. The van der Waals surface area contributed by atoms with Crippen molar-refractivity contribution < 1.29 is 9.90 Å². The van der Waals surface area contributed by atoms with Gasteiger partial charge in [-0.2, -0.15) is 0 Å². The van der Waals surface area contributed by atoms with Crippen molar-refractivity contribution in [3.05, 3.63) is 29.8 Å². The fourth-order valence-electron chi connectivity index (χ4n) is 1.36. The molecule has 0 bridgehead atoms. The van der Waals surface area contributed by atoms with Gasteiger partial charge >= 0.3 is 0 Å². The lowest BCUT2D eigenvalue weighted by Crippen LogP contribution is -2.37. The zero-order chi connectivity index (χ0) is 13.1. The van der Waals surface area contributed by atoms with Crippen LogP contribution in [-0.4, -0.2) is 17.6 Å². The molecule has 0 saturated carbocycles. The Labute approximate surface area is 102 Å². The monoisotopic (exact) mass is 236 g/mol. The van der Waals surface area contributed by atoms with Crippen molar-refractivity contribution in [2.24, 2.45) is 11.1 Å². The van der Waals surface area contributed by atoms with E-state index in [0.29, 0.717) is 11.3 Å². The molecule has 0 aromatic heterocycles. The largest absolute Gasteiger partial charge is 0.389 e. The van der Waals surface area contributed by atoms with Crippen LogP contribution in [0.5, 0.6) is 0 Å². The van der Waals surface area contributed by atoms with E-state index < -0.39 is 11.5 Å². The smallest absolute Gasteiger partial charge is 0.231 e. The number of hydrogen-bond donors (Lipinski definition) is 3. The van der Waals surface area contributed by atoms with Gasteiger partial charge in [0, 0.05) is 17.8 Å². The number of amides is 1. The molecule has 0 heterocycles. The number of hydrogen-bond acceptors (Lipinski definition) is 3. The highest BCUT2D eigenvalue weighted by molar-refractivity contribution is 5.95. The predicted octanol–water partition coefficient (Wildman–Crippen LogP) is 1.66. The van der Waals surface area contributed by atoms with Crippen LogP contribution >= 0.6 is 0 Å². The van der Waals surface area contributed by atoms with Crippen LogP contribution in [0, 0.1) is 5.41 Å². The average molecular weight is 236 g/mol. The highest BCUT2D eigenvalue weighted by Crippen LogP contribution is 2.24. The molecule has 17 heavy (non-hydrogen) atoms. The van der Waals surface area contributed by atoms with Gasteiger partial charge in [0.2, 0.25) is 5.91 Å². The summed E-state index contributed by atoms with van der Waals surface area (Å²) in [6.45, 7) is 5.51. The lowest BCUT2D eigenvalue weighted by atomic mass is 9.92. The number of aliphatic hydroxyl groups excluding tert-OH is 1. The number of nitrogens with two attached hydrogens (primary N) is 1. The number of aliphatic hydroxyl groups is 1. The first-order valence-corrected chi connectivity index (χ1v) is 5.67. The molecule has 0 aliphatic rings. The van der Waals surface area contributed by atoms with E-state index in [-0.39, 0.29) is 12.5 Å². The lowest BCUT2D eigenvalue weighted by molar-refractivity contribution is -0.123. The molecule has 4 heteroatoms. The molecule has 4 nitrogen and oxygen atoms in total. The molecule has 1 amide bonds. The summed E-state index contributed by atoms with van der Waals surface area (Å²) in [4.78, 5) is 12.0. The third kappa shape index (κ3) is 3.28. The van der Waals surface area contributed by atoms with E-state index in [1.807, 2.05) is 12.1 Å². The molecule has 1 rings (SSSR count). The normalized spacial score (nSPS) is 13.2. The quantitative estimate of drug-likeness (QED) is 0.744. The molecule has 94 valence electrons. The number of anilines is 1. The number of rotatable bonds is 4. The summed E-state index contributed by atoms with van der Waals surface area (Å²) in [6, 6.07) is 7.20. The molecule has 0 aliphatic heterocycles. The SMILES string of the molecule is CC(O)c1ccccc1NC(=O)C(C)(C)CN. The maximum Gasteiger partial charge on any atom is 0.231 e. The molecule has 0 aliphatic carbocycles. The molecule has 1 aromatic carbocycles. The molecule has 1 atom stereocenters. The van der Waals surface area contributed by atoms with E-state index in [9.17, 15) is 9.90 Å². The Balaban J connectivity index is 2.93. The van der Waals surface area contributed by atoms with Gasteiger partial charge in [0.15, 0.2) is 0 Å². The fraction of sp³-hybridized carbons (Fsp3) is 0.462. The van der Waals surface area contributed by atoms with Gasteiger partial charge in [-0.3, -0.25) is 4.79 Å². The Morgan fingerprint density at radius 1 is 1.47 bits per heavy atom. The van der Waals surface area contributed by atoms with Crippen LogP contribution < -0.4 is 11.1 Å². The van der Waals surface area contributed by atoms with Gasteiger partial charge in [0.05, 0.1) is 11.5 Å². The Morgan fingerprint density at radius 2 is 2.06 bits per heavy atom. The van der Waals surface area contributed by atoms with Crippen molar-refractivity contribution in [2.75, 3.05) is 11.9 Å². The number of carbonyl (C=O) groups excluding carboxylic acids is 1. The first-order valence-electron chi connectivity index (χ1n) is 5.67. The maximum atomic E-state index is 12.0. The maximum absolute atomic E-state index is 12.0. The van der Waals surface area contributed by atoms with Crippen LogP contribution in [-0.2, 0) is 4.79 Å². The molecule has 0 spiro atoms. The zero-order valence-electron chi connectivity index (χ0n) is 10.5. The standard InChI is InChI=1S/C13H20N2O2/c1-9(16)10-6-4-5-7-11(10)15-12(17)13(2,3)8-14/h4-7,9,16H,8,14H2,1-3H3,(H,15,17). The van der Waals surface area contributed by atoms with Crippen molar-refractivity contribution >= 4 is 11.6 Å². The summed E-state index contributed by atoms with van der Waals surface area (Å²) < 4.78 is 0.